The average Bonchev–Trinajstić information content (AvgIpc) is 3.38. The van der Waals surface area contributed by atoms with Crippen LogP contribution in [0.3, 0.4) is 0 Å². The minimum absolute atomic E-state index is 0.0943. The van der Waals surface area contributed by atoms with Crippen LogP contribution in [0.15, 0.2) is 72.8 Å². The van der Waals surface area contributed by atoms with E-state index in [0.29, 0.717) is 12.7 Å². The molecule has 0 unspecified atom stereocenters. The molecule has 0 spiro atoms. The number of fused-ring (bicyclic) bond motifs is 4. The molecule has 0 fully saturated rings. The predicted molar refractivity (Wildman–Crippen MR) is 109 cm³/mol. The fraction of sp³-hybridized carbons (Fsp3) is 0.167. The van der Waals surface area contributed by atoms with Crippen LogP contribution < -0.4 is 14.8 Å². The van der Waals surface area contributed by atoms with Gasteiger partial charge in [-0.05, 0) is 34.9 Å². The van der Waals surface area contributed by atoms with Crippen LogP contribution in [0, 0.1) is 0 Å². The smallest absolute Gasteiger partial charge is 0.231 e. The summed E-state index contributed by atoms with van der Waals surface area (Å²) < 4.78 is 11.1. The fourth-order valence-electron chi connectivity index (χ4n) is 4.57. The van der Waals surface area contributed by atoms with Gasteiger partial charge >= 0.3 is 0 Å². The molecule has 0 saturated heterocycles. The van der Waals surface area contributed by atoms with Gasteiger partial charge in [-0.25, -0.2) is 0 Å². The van der Waals surface area contributed by atoms with Gasteiger partial charge in [-0.3, -0.25) is 0 Å². The zero-order valence-corrected chi connectivity index (χ0v) is 15.3. The third-order valence-corrected chi connectivity index (χ3v) is 5.87. The second-order valence-electron chi connectivity index (χ2n) is 7.42. The Bertz CT molecular complexity index is 1170. The molecule has 0 amide bonds. The highest BCUT2D eigenvalue weighted by molar-refractivity contribution is 5.86. The van der Waals surface area contributed by atoms with Crippen LogP contribution in [0.2, 0.25) is 0 Å². The molecule has 4 nitrogen and oxygen atoms in total. The summed E-state index contributed by atoms with van der Waals surface area (Å²) in [4.78, 5) is 3.70. The second-order valence-corrected chi connectivity index (χ2v) is 7.42. The van der Waals surface area contributed by atoms with Crippen molar-refractivity contribution in [1.29, 1.82) is 0 Å². The number of ether oxygens (including phenoxy) is 2. The number of benzene rings is 3. The van der Waals surface area contributed by atoms with Crippen LogP contribution in [0.25, 0.3) is 10.9 Å². The molecule has 2 aliphatic rings. The molecule has 0 saturated carbocycles. The normalized spacial score (nSPS) is 20.3. The zero-order valence-electron chi connectivity index (χ0n) is 15.3. The number of aromatic nitrogens is 1. The van der Waals surface area contributed by atoms with Crippen LogP contribution in [0.4, 0.5) is 0 Å². The number of para-hydroxylation sites is 1. The number of H-pyrrole nitrogens is 1. The first-order valence-corrected chi connectivity index (χ1v) is 9.67. The highest BCUT2D eigenvalue weighted by Gasteiger charge is 2.32. The summed E-state index contributed by atoms with van der Waals surface area (Å²) >= 11 is 0. The third-order valence-electron chi connectivity index (χ3n) is 5.87. The first kappa shape index (κ1) is 15.8. The Kier molecular flexibility index (Phi) is 3.46. The summed E-state index contributed by atoms with van der Waals surface area (Å²) in [7, 11) is 0. The number of hydrogen-bond donors (Lipinski definition) is 2. The topological polar surface area (TPSA) is 46.3 Å². The van der Waals surface area contributed by atoms with Crippen molar-refractivity contribution in [3.05, 3.63) is 95.2 Å². The molecule has 0 aliphatic carbocycles. The van der Waals surface area contributed by atoms with Gasteiger partial charge in [0.15, 0.2) is 11.5 Å². The molecule has 4 aromatic rings. The summed E-state index contributed by atoms with van der Waals surface area (Å²) in [5, 5.41) is 5.07. The van der Waals surface area contributed by atoms with Gasteiger partial charge in [0.1, 0.15) is 0 Å². The maximum Gasteiger partial charge on any atom is 0.231 e. The minimum atomic E-state index is 0.0943. The molecule has 2 N–H and O–H groups in total. The Morgan fingerprint density at radius 1 is 0.786 bits per heavy atom. The van der Waals surface area contributed by atoms with Crippen LogP contribution in [0.1, 0.15) is 34.3 Å². The summed E-state index contributed by atoms with van der Waals surface area (Å²) in [5.74, 6) is 1.96. The maximum absolute atomic E-state index is 5.61. The fourth-order valence-corrected chi connectivity index (χ4v) is 4.57. The van der Waals surface area contributed by atoms with Gasteiger partial charge in [0.05, 0.1) is 6.04 Å². The average molecular weight is 368 g/mol. The summed E-state index contributed by atoms with van der Waals surface area (Å²) in [6.45, 7) is 1.18. The van der Waals surface area contributed by atoms with E-state index in [-0.39, 0.29) is 6.04 Å². The lowest BCUT2D eigenvalue weighted by atomic mass is 9.83. The highest BCUT2D eigenvalue weighted by atomic mass is 16.7. The van der Waals surface area contributed by atoms with E-state index in [2.05, 4.69) is 77.0 Å². The van der Waals surface area contributed by atoms with Crippen molar-refractivity contribution in [2.75, 3.05) is 13.3 Å². The molecule has 28 heavy (non-hydrogen) atoms. The van der Waals surface area contributed by atoms with Gasteiger partial charge in [-0.2, -0.15) is 0 Å². The first-order valence-electron chi connectivity index (χ1n) is 9.67. The van der Waals surface area contributed by atoms with E-state index in [1.807, 2.05) is 6.07 Å². The van der Waals surface area contributed by atoms with Crippen molar-refractivity contribution in [3.63, 3.8) is 0 Å². The molecule has 3 aromatic carbocycles. The molecule has 4 heteroatoms. The van der Waals surface area contributed by atoms with Gasteiger partial charge in [0.25, 0.3) is 0 Å². The standard InChI is InChI=1S/C24H20N2O2/c1-2-6-15(7-3-1)18-13-25-23(16-10-11-20-21(12-16)28-14-27-20)24-22(18)17-8-4-5-9-19(17)26-24/h1-12,18,23,25-26H,13-14H2/t18-,23+/m0/s1. The number of aromatic amines is 1. The van der Waals surface area contributed by atoms with Crippen molar-refractivity contribution in [2.45, 2.75) is 12.0 Å². The molecule has 0 bridgehead atoms. The Morgan fingerprint density at radius 3 is 2.54 bits per heavy atom. The Labute approximate surface area is 163 Å². The van der Waals surface area contributed by atoms with E-state index < -0.39 is 0 Å². The molecule has 138 valence electrons. The number of rotatable bonds is 2. The highest BCUT2D eigenvalue weighted by Crippen LogP contribution is 2.43. The molecular formula is C24H20N2O2. The largest absolute Gasteiger partial charge is 0.454 e. The Morgan fingerprint density at radius 2 is 1.61 bits per heavy atom. The maximum atomic E-state index is 5.61. The van der Waals surface area contributed by atoms with Gasteiger partial charge in [0.2, 0.25) is 6.79 Å². The third kappa shape index (κ3) is 2.35. The SMILES string of the molecule is c1ccc([C@@H]2CN[C@H](c3ccc4c(c3)OCO4)c3[nH]c4ccccc4c32)cc1. The van der Waals surface area contributed by atoms with Gasteiger partial charge in [0, 0.05) is 29.1 Å². The summed E-state index contributed by atoms with van der Waals surface area (Å²) in [6, 6.07) is 25.7. The monoisotopic (exact) mass is 368 g/mol. The first-order chi connectivity index (χ1) is 13.9. The lowest BCUT2D eigenvalue weighted by molar-refractivity contribution is 0.174. The van der Waals surface area contributed by atoms with Crippen molar-refractivity contribution < 1.29 is 9.47 Å². The number of nitrogens with one attached hydrogen (secondary N) is 2. The molecule has 1 aromatic heterocycles. The van der Waals surface area contributed by atoms with Gasteiger partial charge in [-0.15, -0.1) is 0 Å². The van der Waals surface area contributed by atoms with Crippen molar-refractivity contribution in [3.8, 4) is 11.5 Å². The van der Waals surface area contributed by atoms with Crippen LogP contribution in [0.5, 0.6) is 11.5 Å². The molecule has 2 aliphatic heterocycles. The van der Waals surface area contributed by atoms with Crippen LogP contribution >= 0.6 is 0 Å². The van der Waals surface area contributed by atoms with Gasteiger partial charge in [-0.1, -0.05) is 54.6 Å². The number of hydrogen-bond acceptors (Lipinski definition) is 3. The molecule has 3 heterocycles. The van der Waals surface area contributed by atoms with Gasteiger partial charge < -0.3 is 19.8 Å². The van der Waals surface area contributed by atoms with Crippen LogP contribution in [-0.4, -0.2) is 18.3 Å². The van der Waals surface area contributed by atoms with E-state index in [1.54, 1.807) is 0 Å². The van der Waals surface area contributed by atoms with Crippen LogP contribution in [-0.2, 0) is 0 Å². The Balaban J connectivity index is 1.53. The minimum Gasteiger partial charge on any atom is -0.454 e. The molecule has 0 radical (unpaired) electrons. The van der Waals surface area contributed by atoms with E-state index in [4.69, 9.17) is 9.47 Å². The second kappa shape index (κ2) is 6.14. The summed E-state index contributed by atoms with van der Waals surface area (Å²) in [5.41, 5.74) is 6.33. The quantitative estimate of drug-likeness (QED) is 0.538. The van der Waals surface area contributed by atoms with E-state index in [9.17, 15) is 0 Å². The lowest BCUT2D eigenvalue weighted by Gasteiger charge is -2.31. The van der Waals surface area contributed by atoms with E-state index in [1.165, 1.54) is 33.3 Å². The summed E-state index contributed by atoms with van der Waals surface area (Å²) in [6.07, 6.45) is 0. The van der Waals surface area contributed by atoms with Crippen molar-refractivity contribution in [1.82, 2.24) is 10.3 Å². The molecule has 2 atom stereocenters. The zero-order chi connectivity index (χ0) is 18.5. The van der Waals surface area contributed by atoms with E-state index in [0.717, 1.165) is 18.0 Å². The molecule has 6 rings (SSSR count). The van der Waals surface area contributed by atoms with Crippen molar-refractivity contribution in [2.24, 2.45) is 0 Å². The van der Waals surface area contributed by atoms with Crippen molar-refractivity contribution >= 4 is 10.9 Å². The van der Waals surface area contributed by atoms with E-state index >= 15 is 0 Å². The lowest BCUT2D eigenvalue weighted by Crippen LogP contribution is -2.34. The molecular weight excluding hydrogens is 348 g/mol. The predicted octanol–water partition coefficient (Wildman–Crippen LogP) is 4.72. The Hall–Kier alpha value is -3.24.